The first-order valence-corrected chi connectivity index (χ1v) is 8.00. The number of hydrogen-bond acceptors (Lipinski definition) is 2. The molecule has 3 heteroatoms. The van der Waals surface area contributed by atoms with Crippen LogP contribution in [0.3, 0.4) is 0 Å². The van der Waals surface area contributed by atoms with Gasteiger partial charge in [0.25, 0.3) is 0 Å². The van der Waals surface area contributed by atoms with Gasteiger partial charge in [0.2, 0.25) is 0 Å². The average molecular weight is 284 g/mol. The van der Waals surface area contributed by atoms with Crippen LogP contribution in [-0.4, -0.2) is 11.3 Å². The van der Waals surface area contributed by atoms with Gasteiger partial charge in [-0.25, -0.2) is 0 Å². The average Bonchev–Trinajstić information content (AvgIpc) is 3.13. The summed E-state index contributed by atoms with van der Waals surface area (Å²) >= 11 is 8.23. The zero-order chi connectivity index (χ0) is 13.1. The molecule has 1 fully saturated rings. The molecule has 18 heavy (non-hydrogen) atoms. The number of benzene rings is 1. The van der Waals surface area contributed by atoms with Crippen molar-refractivity contribution >= 4 is 23.4 Å². The van der Waals surface area contributed by atoms with Gasteiger partial charge >= 0.3 is 0 Å². The summed E-state index contributed by atoms with van der Waals surface area (Å²) in [6.07, 6.45) is 2.65. The topological polar surface area (TPSA) is 12.0 Å². The number of rotatable bonds is 6. The highest BCUT2D eigenvalue weighted by atomic mass is 35.5. The van der Waals surface area contributed by atoms with Gasteiger partial charge in [-0.15, -0.1) is 11.8 Å². The fraction of sp³-hybridized carbons (Fsp3) is 0.600. The van der Waals surface area contributed by atoms with Crippen molar-refractivity contribution in [1.82, 2.24) is 5.32 Å². The molecule has 100 valence electrons. The van der Waals surface area contributed by atoms with Crippen LogP contribution in [0.2, 0.25) is 5.02 Å². The normalized spacial score (nSPS) is 17.2. The van der Waals surface area contributed by atoms with E-state index in [9.17, 15) is 0 Å². The van der Waals surface area contributed by atoms with Gasteiger partial charge in [-0.05, 0) is 36.5 Å². The van der Waals surface area contributed by atoms with Crippen molar-refractivity contribution in [3.05, 3.63) is 28.8 Å². The second-order valence-electron chi connectivity index (χ2n) is 5.49. The molecular formula is C15H22ClNS. The molecule has 0 aliphatic heterocycles. The zero-order valence-corrected chi connectivity index (χ0v) is 12.9. The van der Waals surface area contributed by atoms with Gasteiger partial charge in [-0.2, -0.15) is 0 Å². The van der Waals surface area contributed by atoms with Gasteiger partial charge in [0, 0.05) is 22.7 Å². The molecule has 1 unspecified atom stereocenters. The molecule has 0 aromatic heterocycles. The highest BCUT2D eigenvalue weighted by molar-refractivity contribution is 8.00. The van der Waals surface area contributed by atoms with Crippen LogP contribution >= 0.6 is 23.4 Å². The Bertz CT molecular complexity index is 401. The minimum atomic E-state index is 0.595. The Morgan fingerprint density at radius 2 is 2.06 bits per heavy atom. The van der Waals surface area contributed by atoms with Gasteiger partial charge in [-0.1, -0.05) is 38.4 Å². The molecule has 1 aromatic rings. The van der Waals surface area contributed by atoms with E-state index in [-0.39, 0.29) is 0 Å². The van der Waals surface area contributed by atoms with Gasteiger partial charge < -0.3 is 5.32 Å². The molecule has 1 atom stereocenters. The van der Waals surface area contributed by atoms with E-state index in [0.717, 1.165) is 17.6 Å². The Hall–Kier alpha value is -0.180. The molecule has 1 aliphatic rings. The maximum absolute atomic E-state index is 6.36. The fourth-order valence-electron chi connectivity index (χ4n) is 1.64. The van der Waals surface area contributed by atoms with Crippen molar-refractivity contribution in [2.24, 2.45) is 5.92 Å². The van der Waals surface area contributed by atoms with Crippen molar-refractivity contribution in [2.75, 3.05) is 0 Å². The summed E-state index contributed by atoms with van der Waals surface area (Å²) in [6, 6.07) is 7.21. The van der Waals surface area contributed by atoms with Crippen molar-refractivity contribution in [1.29, 1.82) is 0 Å². The minimum absolute atomic E-state index is 0.595. The van der Waals surface area contributed by atoms with Gasteiger partial charge in [0.05, 0.1) is 5.02 Å². The van der Waals surface area contributed by atoms with E-state index >= 15 is 0 Å². The molecule has 0 heterocycles. The lowest BCUT2D eigenvalue weighted by Gasteiger charge is -2.16. The second kappa shape index (κ2) is 6.31. The second-order valence-corrected chi connectivity index (χ2v) is 7.31. The highest BCUT2D eigenvalue weighted by Gasteiger charge is 2.20. The van der Waals surface area contributed by atoms with E-state index in [0.29, 0.717) is 11.2 Å². The van der Waals surface area contributed by atoms with E-state index in [2.05, 4.69) is 44.3 Å². The van der Waals surface area contributed by atoms with E-state index in [1.54, 1.807) is 0 Å². The predicted octanol–water partition coefficient (Wildman–Crippen LogP) is 4.73. The van der Waals surface area contributed by atoms with E-state index in [1.165, 1.54) is 23.3 Å². The predicted molar refractivity (Wildman–Crippen MR) is 81.5 cm³/mol. The van der Waals surface area contributed by atoms with Crippen LogP contribution in [0.25, 0.3) is 0 Å². The first-order valence-electron chi connectivity index (χ1n) is 6.74. The molecule has 1 saturated carbocycles. The fourth-order valence-corrected chi connectivity index (χ4v) is 2.96. The number of halogens is 1. The van der Waals surface area contributed by atoms with E-state index in [1.807, 2.05) is 11.8 Å². The monoisotopic (exact) mass is 283 g/mol. The summed E-state index contributed by atoms with van der Waals surface area (Å²) in [5.41, 5.74) is 1.29. The molecule has 1 N–H and O–H groups in total. The quantitative estimate of drug-likeness (QED) is 0.758. The third-order valence-electron chi connectivity index (χ3n) is 3.42. The van der Waals surface area contributed by atoms with Gasteiger partial charge in [0.1, 0.15) is 0 Å². The summed E-state index contributed by atoms with van der Waals surface area (Å²) in [5, 5.41) is 5.00. The van der Waals surface area contributed by atoms with Crippen LogP contribution in [0, 0.1) is 5.92 Å². The van der Waals surface area contributed by atoms with Crippen LogP contribution in [-0.2, 0) is 6.54 Å². The lowest BCUT2D eigenvalue weighted by molar-refractivity contribution is 0.642. The summed E-state index contributed by atoms with van der Waals surface area (Å²) < 4.78 is 0. The van der Waals surface area contributed by atoms with Crippen LogP contribution in [0.15, 0.2) is 23.1 Å². The van der Waals surface area contributed by atoms with Gasteiger partial charge in [-0.3, -0.25) is 0 Å². The molecule has 0 bridgehead atoms. The van der Waals surface area contributed by atoms with Crippen LogP contribution < -0.4 is 5.32 Å². The summed E-state index contributed by atoms with van der Waals surface area (Å²) in [7, 11) is 0. The summed E-state index contributed by atoms with van der Waals surface area (Å²) in [5.74, 6) is 0.669. The third kappa shape index (κ3) is 4.18. The highest BCUT2D eigenvalue weighted by Crippen LogP contribution is 2.33. The first-order chi connectivity index (χ1) is 8.56. The van der Waals surface area contributed by atoms with E-state index in [4.69, 9.17) is 11.6 Å². The molecule has 1 nitrogen and oxygen atoms in total. The molecule has 1 aliphatic carbocycles. The summed E-state index contributed by atoms with van der Waals surface area (Å²) in [4.78, 5) is 1.20. The van der Waals surface area contributed by atoms with Crippen LogP contribution in [0.5, 0.6) is 0 Å². The number of hydrogen-bond donors (Lipinski definition) is 1. The first kappa shape index (κ1) is 14.2. The number of thioether (sulfide) groups is 1. The Morgan fingerprint density at radius 3 is 2.61 bits per heavy atom. The molecule has 0 radical (unpaired) electrons. The Labute approximate surface area is 120 Å². The third-order valence-corrected chi connectivity index (χ3v) is 5.37. The molecule has 0 saturated heterocycles. The molecule has 0 amide bonds. The number of nitrogens with one attached hydrogen (secondary N) is 1. The van der Waals surface area contributed by atoms with Crippen molar-refractivity contribution in [3.63, 3.8) is 0 Å². The molecule has 0 spiro atoms. The molecular weight excluding hydrogens is 262 g/mol. The molecule has 2 rings (SSSR count). The van der Waals surface area contributed by atoms with Crippen molar-refractivity contribution in [3.8, 4) is 0 Å². The van der Waals surface area contributed by atoms with Crippen molar-refractivity contribution in [2.45, 2.75) is 56.3 Å². The Morgan fingerprint density at radius 1 is 1.33 bits per heavy atom. The maximum atomic E-state index is 6.36. The minimum Gasteiger partial charge on any atom is -0.310 e. The Balaban J connectivity index is 1.95. The standard InChI is InChI=1S/C15H22ClNS/c1-10(2)11(3)18-15-7-4-12(8-14(15)16)9-17-13-5-6-13/h4,7-8,10-11,13,17H,5-6,9H2,1-3H3. The summed E-state index contributed by atoms with van der Waals surface area (Å²) in [6.45, 7) is 7.70. The smallest absolute Gasteiger partial charge is 0.0545 e. The molecule has 1 aromatic carbocycles. The van der Waals surface area contributed by atoms with Crippen molar-refractivity contribution < 1.29 is 0 Å². The zero-order valence-electron chi connectivity index (χ0n) is 11.4. The van der Waals surface area contributed by atoms with Crippen LogP contribution in [0.4, 0.5) is 0 Å². The largest absolute Gasteiger partial charge is 0.310 e. The lowest BCUT2D eigenvalue weighted by Crippen LogP contribution is -2.15. The SMILES string of the molecule is CC(C)C(C)Sc1ccc(CNC2CC2)cc1Cl. The van der Waals surface area contributed by atoms with Crippen LogP contribution in [0.1, 0.15) is 39.2 Å². The Kier molecular flexibility index (Phi) is 4.99. The lowest BCUT2D eigenvalue weighted by atomic mass is 10.2. The van der Waals surface area contributed by atoms with E-state index < -0.39 is 0 Å². The maximum Gasteiger partial charge on any atom is 0.0545 e. The van der Waals surface area contributed by atoms with Gasteiger partial charge in [0.15, 0.2) is 0 Å².